The fourth-order valence-corrected chi connectivity index (χ4v) is 2.90. The molecule has 19 heavy (non-hydrogen) atoms. The van der Waals surface area contributed by atoms with Gasteiger partial charge in [-0.05, 0) is 36.8 Å². The van der Waals surface area contributed by atoms with Gasteiger partial charge in [0.25, 0.3) is 0 Å². The first-order chi connectivity index (χ1) is 9.20. The van der Waals surface area contributed by atoms with Gasteiger partial charge < -0.3 is 10.1 Å². The van der Waals surface area contributed by atoms with Crippen LogP contribution in [0.15, 0.2) is 24.3 Å². The monoisotopic (exact) mass is 261 g/mol. The lowest BCUT2D eigenvalue weighted by Gasteiger charge is -2.35. The van der Waals surface area contributed by atoms with E-state index in [-0.39, 0.29) is 0 Å². The Balaban J connectivity index is 1.98. The minimum absolute atomic E-state index is 0.602. The summed E-state index contributed by atoms with van der Waals surface area (Å²) in [6.45, 7) is 7.67. The number of rotatable bonds is 5. The molecule has 2 rings (SSSR count). The van der Waals surface area contributed by atoms with Gasteiger partial charge in [-0.2, -0.15) is 0 Å². The zero-order chi connectivity index (χ0) is 13.7. The molecule has 1 aromatic carbocycles. The lowest BCUT2D eigenvalue weighted by Crippen LogP contribution is -2.34. The summed E-state index contributed by atoms with van der Waals surface area (Å²) in [4.78, 5) is 0. The number of ether oxygens (including phenoxy) is 1. The van der Waals surface area contributed by atoms with E-state index in [4.69, 9.17) is 4.74 Å². The molecule has 1 N–H and O–H groups in total. The van der Waals surface area contributed by atoms with Crippen LogP contribution >= 0.6 is 0 Å². The number of hydrogen-bond donors (Lipinski definition) is 1. The Morgan fingerprint density at radius 1 is 1.26 bits per heavy atom. The quantitative estimate of drug-likeness (QED) is 0.828. The highest BCUT2D eigenvalue weighted by molar-refractivity contribution is 5.49. The van der Waals surface area contributed by atoms with E-state index < -0.39 is 0 Å². The molecule has 3 unspecified atom stereocenters. The SMILES string of the molecule is CCCOc1cccc(NC2CCCC(C)C2C)c1. The van der Waals surface area contributed by atoms with Crippen LogP contribution in [0.25, 0.3) is 0 Å². The maximum absolute atomic E-state index is 5.69. The smallest absolute Gasteiger partial charge is 0.121 e. The highest BCUT2D eigenvalue weighted by Gasteiger charge is 2.26. The zero-order valence-corrected chi connectivity index (χ0v) is 12.5. The summed E-state index contributed by atoms with van der Waals surface area (Å²) in [5.41, 5.74) is 1.19. The van der Waals surface area contributed by atoms with Crippen LogP contribution in [0.1, 0.15) is 46.5 Å². The van der Waals surface area contributed by atoms with Crippen LogP contribution in [-0.2, 0) is 0 Å². The highest BCUT2D eigenvalue weighted by atomic mass is 16.5. The van der Waals surface area contributed by atoms with Gasteiger partial charge in [0.15, 0.2) is 0 Å². The minimum Gasteiger partial charge on any atom is -0.494 e. The second-order valence-electron chi connectivity index (χ2n) is 5.89. The predicted molar refractivity (Wildman–Crippen MR) is 81.8 cm³/mol. The van der Waals surface area contributed by atoms with E-state index in [0.717, 1.165) is 30.6 Å². The van der Waals surface area contributed by atoms with E-state index in [1.165, 1.54) is 24.9 Å². The molecule has 1 saturated carbocycles. The van der Waals surface area contributed by atoms with E-state index in [2.05, 4.69) is 44.3 Å². The molecule has 0 aliphatic heterocycles. The molecule has 0 aromatic heterocycles. The van der Waals surface area contributed by atoms with Gasteiger partial charge in [0, 0.05) is 17.8 Å². The van der Waals surface area contributed by atoms with Gasteiger partial charge in [-0.1, -0.05) is 39.7 Å². The third kappa shape index (κ3) is 3.89. The van der Waals surface area contributed by atoms with Crippen molar-refractivity contribution in [1.82, 2.24) is 0 Å². The van der Waals surface area contributed by atoms with Crippen molar-refractivity contribution in [2.75, 3.05) is 11.9 Å². The highest BCUT2D eigenvalue weighted by Crippen LogP contribution is 2.32. The van der Waals surface area contributed by atoms with Crippen molar-refractivity contribution in [2.24, 2.45) is 11.8 Å². The summed E-state index contributed by atoms with van der Waals surface area (Å²) in [5.74, 6) is 2.54. The van der Waals surface area contributed by atoms with E-state index >= 15 is 0 Å². The molecule has 2 heteroatoms. The van der Waals surface area contributed by atoms with E-state index in [1.54, 1.807) is 0 Å². The third-order valence-corrected chi connectivity index (χ3v) is 4.37. The van der Waals surface area contributed by atoms with Crippen molar-refractivity contribution >= 4 is 5.69 Å². The van der Waals surface area contributed by atoms with Crippen molar-refractivity contribution < 1.29 is 4.74 Å². The van der Waals surface area contributed by atoms with E-state index in [9.17, 15) is 0 Å². The van der Waals surface area contributed by atoms with Crippen LogP contribution in [0.3, 0.4) is 0 Å². The Morgan fingerprint density at radius 2 is 2.11 bits per heavy atom. The molecule has 106 valence electrons. The average molecular weight is 261 g/mol. The first-order valence-corrected chi connectivity index (χ1v) is 7.70. The predicted octanol–water partition coefficient (Wildman–Crippen LogP) is 4.71. The Kier molecular flexibility index (Phi) is 5.12. The summed E-state index contributed by atoms with van der Waals surface area (Å²) in [5, 5.41) is 3.70. The summed E-state index contributed by atoms with van der Waals surface area (Å²) < 4.78 is 5.69. The fourth-order valence-electron chi connectivity index (χ4n) is 2.90. The Morgan fingerprint density at radius 3 is 2.89 bits per heavy atom. The standard InChI is InChI=1S/C17H27NO/c1-4-11-19-16-9-6-8-15(12-16)18-17-10-5-7-13(2)14(17)3/h6,8-9,12-14,17-18H,4-5,7,10-11H2,1-3H3. The van der Waals surface area contributed by atoms with Crippen LogP contribution < -0.4 is 10.1 Å². The molecular weight excluding hydrogens is 234 g/mol. The Bertz CT molecular complexity index is 391. The van der Waals surface area contributed by atoms with Crippen LogP contribution in [0.2, 0.25) is 0 Å². The molecule has 0 heterocycles. The summed E-state index contributed by atoms with van der Waals surface area (Å²) in [6, 6.07) is 8.98. The maximum atomic E-state index is 5.69. The van der Waals surface area contributed by atoms with Crippen molar-refractivity contribution in [1.29, 1.82) is 0 Å². The zero-order valence-electron chi connectivity index (χ0n) is 12.5. The molecule has 2 nitrogen and oxygen atoms in total. The van der Waals surface area contributed by atoms with Gasteiger partial charge in [-0.25, -0.2) is 0 Å². The van der Waals surface area contributed by atoms with E-state index in [0.29, 0.717) is 6.04 Å². The molecule has 3 atom stereocenters. The first kappa shape index (κ1) is 14.2. The largest absolute Gasteiger partial charge is 0.494 e. The average Bonchev–Trinajstić information content (AvgIpc) is 2.42. The summed E-state index contributed by atoms with van der Waals surface area (Å²) >= 11 is 0. The van der Waals surface area contributed by atoms with Gasteiger partial charge in [-0.3, -0.25) is 0 Å². The second-order valence-corrected chi connectivity index (χ2v) is 5.89. The van der Waals surface area contributed by atoms with Gasteiger partial charge in [-0.15, -0.1) is 0 Å². The molecule has 1 aliphatic rings. The molecule has 1 aliphatic carbocycles. The summed E-state index contributed by atoms with van der Waals surface area (Å²) in [6.07, 6.45) is 5.05. The van der Waals surface area contributed by atoms with Crippen LogP contribution in [0.4, 0.5) is 5.69 Å². The maximum Gasteiger partial charge on any atom is 0.121 e. The lowest BCUT2D eigenvalue weighted by atomic mass is 9.78. The minimum atomic E-state index is 0.602. The molecule has 1 fully saturated rings. The summed E-state index contributed by atoms with van der Waals surface area (Å²) in [7, 11) is 0. The normalized spacial score (nSPS) is 27.0. The van der Waals surface area contributed by atoms with Crippen LogP contribution in [-0.4, -0.2) is 12.6 Å². The number of hydrogen-bond acceptors (Lipinski definition) is 2. The molecule has 0 saturated heterocycles. The Labute approximate surface area is 117 Å². The third-order valence-electron chi connectivity index (χ3n) is 4.37. The van der Waals surface area contributed by atoms with Crippen LogP contribution in [0, 0.1) is 11.8 Å². The fraction of sp³-hybridized carbons (Fsp3) is 0.647. The lowest BCUT2D eigenvalue weighted by molar-refractivity contribution is 0.253. The first-order valence-electron chi connectivity index (χ1n) is 7.70. The van der Waals surface area contributed by atoms with Crippen molar-refractivity contribution in [2.45, 2.75) is 52.5 Å². The number of benzene rings is 1. The topological polar surface area (TPSA) is 21.3 Å². The van der Waals surface area contributed by atoms with Gasteiger partial charge in [0.2, 0.25) is 0 Å². The van der Waals surface area contributed by atoms with Gasteiger partial charge in [0.05, 0.1) is 6.61 Å². The number of nitrogens with one attached hydrogen (secondary N) is 1. The molecule has 0 amide bonds. The number of anilines is 1. The van der Waals surface area contributed by atoms with Gasteiger partial charge >= 0.3 is 0 Å². The van der Waals surface area contributed by atoms with Crippen molar-refractivity contribution in [3.63, 3.8) is 0 Å². The van der Waals surface area contributed by atoms with Crippen LogP contribution in [0.5, 0.6) is 5.75 Å². The molecule has 0 spiro atoms. The molecule has 0 radical (unpaired) electrons. The molecule has 1 aromatic rings. The van der Waals surface area contributed by atoms with Crippen molar-refractivity contribution in [3.05, 3.63) is 24.3 Å². The van der Waals surface area contributed by atoms with E-state index in [1.807, 2.05) is 6.07 Å². The molecular formula is C17H27NO. The van der Waals surface area contributed by atoms with Crippen molar-refractivity contribution in [3.8, 4) is 5.75 Å². The van der Waals surface area contributed by atoms with Gasteiger partial charge in [0.1, 0.15) is 5.75 Å². The second kappa shape index (κ2) is 6.83. The molecule has 0 bridgehead atoms. The Hall–Kier alpha value is -1.18.